The van der Waals surface area contributed by atoms with E-state index in [1.807, 2.05) is 17.0 Å². The minimum Gasteiger partial charge on any atom is -0.324 e. The predicted octanol–water partition coefficient (Wildman–Crippen LogP) is 4.96. The van der Waals surface area contributed by atoms with Crippen molar-refractivity contribution in [2.75, 3.05) is 11.1 Å². The summed E-state index contributed by atoms with van der Waals surface area (Å²) in [5.74, 6) is 0.892. The fourth-order valence-corrected chi connectivity index (χ4v) is 4.28. The van der Waals surface area contributed by atoms with Gasteiger partial charge in [0.05, 0.1) is 21.4 Å². The summed E-state index contributed by atoms with van der Waals surface area (Å²) < 4.78 is 1.84. The van der Waals surface area contributed by atoms with Gasteiger partial charge in [-0.05, 0) is 18.1 Å². The number of amides is 1. The van der Waals surface area contributed by atoms with E-state index in [4.69, 9.17) is 11.6 Å². The molecular weight excluding hydrogens is 434 g/mol. The van der Waals surface area contributed by atoms with Gasteiger partial charge in [0.2, 0.25) is 5.91 Å². The zero-order chi connectivity index (χ0) is 21.1. The van der Waals surface area contributed by atoms with Gasteiger partial charge in [0.15, 0.2) is 11.0 Å². The van der Waals surface area contributed by atoms with Crippen LogP contribution in [-0.2, 0) is 11.8 Å². The first-order valence-electron chi connectivity index (χ1n) is 8.61. The maximum Gasteiger partial charge on any atom is 0.271 e. The van der Waals surface area contributed by atoms with E-state index >= 15 is 0 Å². The smallest absolute Gasteiger partial charge is 0.271 e. The summed E-state index contributed by atoms with van der Waals surface area (Å²) in [6.07, 6.45) is 0. The van der Waals surface area contributed by atoms with Crippen LogP contribution in [0.2, 0.25) is 5.02 Å². The highest BCUT2D eigenvalue weighted by atomic mass is 35.5. The Morgan fingerprint density at radius 1 is 1.38 bits per heavy atom. The molecule has 1 amide bonds. The van der Waals surface area contributed by atoms with Crippen LogP contribution in [0, 0.1) is 10.1 Å². The third-order valence-corrected chi connectivity index (χ3v) is 6.63. The number of halogens is 1. The number of thiophene rings is 1. The SMILES string of the molecule is CC(C)c1cc(-c2nnc(SCC(=O)Nc3cc([N+](=O)[O-])ccc3Cl)n2C)cs1. The molecule has 0 saturated carbocycles. The molecule has 0 aliphatic rings. The van der Waals surface area contributed by atoms with Crippen molar-refractivity contribution < 1.29 is 9.72 Å². The molecule has 152 valence electrons. The van der Waals surface area contributed by atoms with Gasteiger partial charge in [0, 0.05) is 35.0 Å². The zero-order valence-corrected chi connectivity index (χ0v) is 18.3. The highest BCUT2D eigenvalue weighted by Crippen LogP contribution is 2.31. The normalized spacial score (nSPS) is 11.1. The minimum absolute atomic E-state index is 0.0614. The Labute approximate surface area is 180 Å². The molecule has 0 fully saturated rings. The largest absolute Gasteiger partial charge is 0.324 e. The molecule has 29 heavy (non-hydrogen) atoms. The van der Waals surface area contributed by atoms with Crippen LogP contribution in [0.3, 0.4) is 0 Å². The molecule has 0 atom stereocenters. The number of aromatic nitrogens is 3. The molecule has 2 heterocycles. The lowest BCUT2D eigenvalue weighted by Gasteiger charge is -2.07. The van der Waals surface area contributed by atoms with Gasteiger partial charge >= 0.3 is 0 Å². The highest BCUT2D eigenvalue weighted by Gasteiger charge is 2.16. The maximum atomic E-state index is 12.3. The van der Waals surface area contributed by atoms with E-state index in [9.17, 15) is 14.9 Å². The number of benzene rings is 1. The molecule has 0 aliphatic heterocycles. The van der Waals surface area contributed by atoms with Crippen LogP contribution < -0.4 is 5.32 Å². The van der Waals surface area contributed by atoms with Crippen molar-refractivity contribution in [3.8, 4) is 11.4 Å². The number of hydrogen-bond acceptors (Lipinski definition) is 7. The van der Waals surface area contributed by atoms with Crippen molar-refractivity contribution in [1.29, 1.82) is 0 Å². The summed E-state index contributed by atoms with van der Waals surface area (Å²) in [6.45, 7) is 4.28. The number of thioether (sulfide) groups is 1. The number of nitrogens with zero attached hydrogens (tertiary/aromatic N) is 4. The summed E-state index contributed by atoms with van der Waals surface area (Å²) in [6, 6.07) is 5.99. The topological polar surface area (TPSA) is 103 Å². The number of carbonyl (C=O) groups is 1. The van der Waals surface area contributed by atoms with E-state index < -0.39 is 4.92 Å². The number of carbonyl (C=O) groups excluding carboxylic acids is 1. The average molecular weight is 452 g/mol. The van der Waals surface area contributed by atoms with Gasteiger partial charge in [-0.2, -0.15) is 0 Å². The third-order valence-electron chi connectivity index (χ3n) is 4.05. The summed E-state index contributed by atoms with van der Waals surface area (Å²) >= 11 is 8.92. The number of hydrogen-bond donors (Lipinski definition) is 1. The molecule has 3 rings (SSSR count). The predicted molar refractivity (Wildman–Crippen MR) is 116 cm³/mol. The monoisotopic (exact) mass is 451 g/mol. The number of anilines is 1. The lowest BCUT2D eigenvalue weighted by atomic mass is 10.1. The number of nitro groups is 1. The molecule has 0 radical (unpaired) electrons. The van der Waals surface area contributed by atoms with E-state index in [0.29, 0.717) is 11.1 Å². The van der Waals surface area contributed by atoms with Gasteiger partial charge in [-0.1, -0.05) is 37.2 Å². The van der Waals surface area contributed by atoms with Crippen molar-refractivity contribution >= 4 is 52.0 Å². The van der Waals surface area contributed by atoms with Gasteiger partial charge in [0.1, 0.15) is 0 Å². The first-order valence-corrected chi connectivity index (χ1v) is 10.9. The number of rotatable bonds is 7. The standard InChI is InChI=1S/C18H18ClN5O3S2/c1-10(2)15-6-11(8-28-15)17-21-22-18(23(17)3)29-9-16(25)20-14-7-12(24(26)27)4-5-13(14)19/h4-8,10H,9H2,1-3H3,(H,20,25). The van der Waals surface area contributed by atoms with Crippen LogP contribution in [0.5, 0.6) is 0 Å². The second kappa shape index (κ2) is 8.93. The van der Waals surface area contributed by atoms with Crippen molar-refractivity contribution in [1.82, 2.24) is 14.8 Å². The second-order valence-corrected chi connectivity index (χ2v) is 8.81. The second-order valence-electron chi connectivity index (χ2n) is 6.52. The summed E-state index contributed by atoms with van der Waals surface area (Å²) in [5, 5.41) is 24.8. The Hall–Kier alpha value is -2.43. The van der Waals surface area contributed by atoms with E-state index in [0.717, 1.165) is 11.4 Å². The Morgan fingerprint density at radius 3 is 2.79 bits per heavy atom. The summed E-state index contributed by atoms with van der Waals surface area (Å²) in [4.78, 5) is 23.9. The molecule has 0 aliphatic carbocycles. The highest BCUT2D eigenvalue weighted by molar-refractivity contribution is 7.99. The molecule has 1 N–H and O–H groups in total. The van der Waals surface area contributed by atoms with E-state index in [1.165, 1.54) is 34.8 Å². The quantitative estimate of drug-likeness (QED) is 0.309. The number of non-ortho nitro benzene ring substituents is 1. The van der Waals surface area contributed by atoms with Gasteiger partial charge in [-0.15, -0.1) is 21.5 Å². The Bertz CT molecular complexity index is 1060. The Balaban J connectivity index is 1.66. The maximum absolute atomic E-state index is 12.3. The third kappa shape index (κ3) is 4.95. The van der Waals surface area contributed by atoms with Gasteiger partial charge in [-0.3, -0.25) is 14.9 Å². The molecular formula is C18H18ClN5O3S2. The lowest BCUT2D eigenvalue weighted by molar-refractivity contribution is -0.384. The van der Waals surface area contributed by atoms with Crippen LogP contribution in [0.4, 0.5) is 11.4 Å². The molecule has 2 aromatic heterocycles. The fourth-order valence-electron chi connectivity index (χ4n) is 2.50. The van der Waals surface area contributed by atoms with E-state index in [-0.39, 0.29) is 28.1 Å². The van der Waals surface area contributed by atoms with Crippen LogP contribution >= 0.6 is 34.7 Å². The first-order chi connectivity index (χ1) is 13.8. The Morgan fingerprint density at radius 2 is 2.14 bits per heavy atom. The fraction of sp³-hybridized carbons (Fsp3) is 0.278. The molecule has 0 spiro atoms. The molecule has 1 aromatic carbocycles. The average Bonchev–Trinajstić information content (AvgIpc) is 3.28. The van der Waals surface area contributed by atoms with Crippen LogP contribution in [-0.4, -0.2) is 31.3 Å². The molecule has 3 aromatic rings. The van der Waals surface area contributed by atoms with Crippen molar-refractivity contribution in [3.63, 3.8) is 0 Å². The van der Waals surface area contributed by atoms with E-state index in [2.05, 4.69) is 35.4 Å². The van der Waals surface area contributed by atoms with Crippen molar-refractivity contribution in [2.45, 2.75) is 24.9 Å². The first kappa shape index (κ1) is 21.3. The zero-order valence-electron chi connectivity index (χ0n) is 15.9. The van der Waals surface area contributed by atoms with Gasteiger partial charge in [-0.25, -0.2) is 0 Å². The minimum atomic E-state index is -0.545. The molecule has 11 heteroatoms. The Kier molecular flexibility index (Phi) is 6.56. The molecule has 8 nitrogen and oxygen atoms in total. The number of nitro benzene ring substituents is 1. The van der Waals surface area contributed by atoms with E-state index in [1.54, 1.807) is 11.3 Å². The van der Waals surface area contributed by atoms with Crippen LogP contribution in [0.25, 0.3) is 11.4 Å². The number of nitrogens with one attached hydrogen (secondary N) is 1. The molecule has 0 saturated heterocycles. The van der Waals surface area contributed by atoms with Gasteiger partial charge in [0.25, 0.3) is 5.69 Å². The molecule has 0 bridgehead atoms. The van der Waals surface area contributed by atoms with Crippen LogP contribution in [0.1, 0.15) is 24.6 Å². The van der Waals surface area contributed by atoms with Crippen molar-refractivity contribution in [3.05, 3.63) is 49.7 Å². The molecule has 0 unspecified atom stereocenters. The summed E-state index contributed by atoms with van der Waals surface area (Å²) in [7, 11) is 1.85. The summed E-state index contributed by atoms with van der Waals surface area (Å²) in [5.41, 5.74) is 1.05. The van der Waals surface area contributed by atoms with Crippen LogP contribution in [0.15, 0.2) is 34.8 Å². The van der Waals surface area contributed by atoms with Gasteiger partial charge < -0.3 is 9.88 Å². The van der Waals surface area contributed by atoms with Crippen molar-refractivity contribution in [2.24, 2.45) is 7.05 Å². The lowest BCUT2D eigenvalue weighted by Crippen LogP contribution is -2.15.